The van der Waals surface area contributed by atoms with Gasteiger partial charge in [-0.25, -0.2) is 4.79 Å². The largest absolute Gasteiger partial charge is 0.462 e. The smallest absolute Gasteiger partial charge is 0.330 e. The molecule has 3 rings (SSSR count). The molecule has 34 heavy (non-hydrogen) atoms. The average Bonchev–Trinajstić information content (AvgIpc) is 2.88. The molecule has 1 fully saturated rings. The van der Waals surface area contributed by atoms with Crippen LogP contribution in [0.15, 0.2) is 55.1 Å². The van der Waals surface area contributed by atoms with E-state index in [2.05, 4.69) is 56.0 Å². The van der Waals surface area contributed by atoms with Gasteiger partial charge in [-0.2, -0.15) is 0 Å². The number of benzene rings is 2. The van der Waals surface area contributed by atoms with Crippen LogP contribution in [0.2, 0.25) is 0 Å². The zero-order valence-corrected chi connectivity index (χ0v) is 20.9. The fourth-order valence-corrected chi connectivity index (χ4v) is 5.29. The van der Waals surface area contributed by atoms with Crippen molar-refractivity contribution in [3.63, 3.8) is 0 Å². The van der Waals surface area contributed by atoms with Crippen molar-refractivity contribution in [2.24, 2.45) is 5.92 Å². The molecule has 2 aromatic rings. The molecule has 1 aliphatic rings. The van der Waals surface area contributed by atoms with Gasteiger partial charge in [0.15, 0.2) is 0 Å². The van der Waals surface area contributed by atoms with Gasteiger partial charge in [0.25, 0.3) is 0 Å². The highest BCUT2D eigenvalue weighted by Gasteiger charge is 2.22. The van der Waals surface area contributed by atoms with E-state index in [1.165, 1.54) is 85.3 Å². The Hall–Kier alpha value is -2.39. The Morgan fingerprint density at radius 1 is 0.971 bits per heavy atom. The minimum absolute atomic E-state index is 0.175. The molecule has 0 aliphatic heterocycles. The third-order valence-corrected chi connectivity index (χ3v) is 7.37. The summed E-state index contributed by atoms with van der Waals surface area (Å²) in [6.07, 6.45) is 14.3. The number of rotatable bonds is 13. The summed E-state index contributed by atoms with van der Waals surface area (Å²) in [5.74, 6) is 1.25. The van der Waals surface area contributed by atoms with E-state index in [9.17, 15) is 9.90 Å². The van der Waals surface area contributed by atoms with Crippen LogP contribution in [0.25, 0.3) is 11.1 Å². The molecule has 1 aliphatic carbocycles. The molecule has 0 aromatic heterocycles. The number of aliphatic hydroxyl groups is 1. The highest BCUT2D eigenvalue weighted by Crippen LogP contribution is 2.38. The highest BCUT2D eigenvalue weighted by molar-refractivity contribution is 5.81. The number of unbranched alkanes of at least 4 members (excludes halogenated alkanes) is 2. The quantitative estimate of drug-likeness (QED) is 0.192. The number of esters is 1. The van der Waals surface area contributed by atoms with Crippen molar-refractivity contribution in [3.8, 4) is 11.1 Å². The lowest BCUT2D eigenvalue weighted by Gasteiger charge is -2.29. The number of carbonyl (C=O) groups excluding carboxylic acids is 1. The summed E-state index contributed by atoms with van der Waals surface area (Å²) >= 11 is 0. The van der Waals surface area contributed by atoms with Gasteiger partial charge in [-0.15, -0.1) is 0 Å². The average molecular weight is 463 g/mol. The van der Waals surface area contributed by atoms with Crippen LogP contribution in [0.5, 0.6) is 0 Å². The van der Waals surface area contributed by atoms with Gasteiger partial charge in [0, 0.05) is 19.1 Å². The second kappa shape index (κ2) is 14.1. The van der Waals surface area contributed by atoms with Crippen molar-refractivity contribution < 1.29 is 14.6 Å². The summed E-state index contributed by atoms with van der Waals surface area (Å²) in [4.78, 5) is 11.4. The van der Waals surface area contributed by atoms with Crippen molar-refractivity contribution in [2.45, 2.75) is 83.5 Å². The zero-order valence-electron chi connectivity index (χ0n) is 20.9. The minimum atomic E-state index is -0.390. The lowest BCUT2D eigenvalue weighted by Crippen LogP contribution is -2.13. The molecule has 1 saturated carbocycles. The maximum Gasteiger partial charge on any atom is 0.330 e. The van der Waals surface area contributed by atoms with Crippen LogP contribution in [-0.4, -0.2) is 24.3 Å². The first kappa shape index (κ1) is 26.2. The molecule has 0 saturated heterocycles. The van der Waals surface area contributed by atoms with Crippen LogP contribution in [0.4, 0.5) is 0 Å². The molecule has 0 unspecified atom stereocenters. The van der Waals surface area contributed by atoms with Crippen molar-refractivity contribution in [1.82, 2.24) is 0 Å². The zero-order chi connectivity index (χ0) is 24.2. The van der Waals surface area contributed by atoms with Crippen molar-refractivity contribution >= 4 is 5.97 Å². The minimum Gasteiger partial charge on any atom is -0.462 e. The third kappa shape index (κ3) is 7.84. The molecule has 0 bridgehead atoms. The molecule has 0 amide bonds. The monoisotopic (exact) mass is 462 g/mol. The van der Waals surface area contributed by atoms with Crippen molar-refractivity contribution in [2.75, 3.05) is 13.2 Å². The summed E-state index contributed by atoms with van der Waals surface area (Å²) in [5, 5.41) is 9.25. The fraction of sp³-hybridized carbons (Fsp3) is 0.516. The molecule has 0 atom stereocenters. The predicted molar refractivity (Wildman–Crippen MR) is 141 cm³/mol. The molecule has 0 radical (unpaired) electrons. The van der Waals surface area contributed by atoms with Crippen LogP contribution in [0.3, 0.4) is 0 Å². The summed E-state index contributed by atoms with van der Waals surface area (Å²) < 4.78 is 5.21. The van der Waals surface area contributed by atoms with E-state index in [4.69, 9.17) is 4.74 Å². The van der Waals surface area contributed by atoms with Gasteiger partial charge in [-0.05, 0) is 78.2 Å². The van der Waals surface area contributed by atoms with E-state index in [0.29, 0.717) is 18.9 Å². The standard InChI is InChI=1S/C31H42O3/c1-3-5-6-8-24-10-12-26(13-11-24)27-14-16-28(17-15-27)29-19-18-25(9-7-21-32)30(23-29)20-22-34-31(33)4-2/h4,14-19,23-24,26,32H,2-3,5-13,20-22H2,1H3. The van der Waals surface area contributed by atoms with Gasteiger partial charge < -0.3 is 9.84 Å². The number of hydrogen-bond donors (Lipinski definition) is 1. The summed E-state index contributed by atoms with van der Waals surface area (Å²) in [6.45, 7) is 6.25. The van der Waals surface area contributed by atoms with Gasteiger partial charge in [-0.3, -0.25) is 0 Å². The first-order valence-electron chi connectivity index (χ1n) is 13.3. The van der Waals surface area contributed by atoms with E-state index in [0.717, 1.165) is 18.8 Å². The van der Waals surface area contributed by atoms with Crippen molar-refractivity contribution in [1.29, 1.82) is 0 Å². The highest BCUT2D eigenvalue weighted by atomic mass is 16.5. The third-order valence-electron chi connectivity index (χ3n) is 7.37. The molecular weight excluding hydrogens is 420 g/mol. The lowest BCUT2D eigenvalue weighted by molar-refractivity contribution is -0.137. The first-order chi connectivity index (χ1) is 16.6. The van der Waals surface area contributed by atoms with E-state index < -0.39 is 5.97 Å². The Morgan fingerprint density at radius 2 is 1.71 bits per heavy atom. The van der Waals surface area contributed by atoms with Gasteiger partial charge in [0.05, 0.1) is 6.61 Å². The van der Waals surface area contributed by atoms with Crippen LogP contribution in [-0.2, 0) is 22.4 Å². The summed E-state index contributed by atoms with van der Waals surface area (Å²) in [7, 11) is 0. The Balaban J connectivity index is 1.64. The molecule has 0 heterocycles. The molecule has 184 valence electrons. The Morgan fingerprint density at radius 3 is 2.38 bits per heavy atom. The number of aryl methyl sites for hydroxylation is 1. The second-order valence-electron chi connectivity index (χ2n) is 9.77. The summed E-state index contributed by atoms with van der Waals surface area (Å²) in [6, 6.07) is 15.7. The molecule has 1 N–H and O–H groups in total. The van der Waals surface area contributed by atoms with Crippen LogP contribution in [0.1, 0.15) is 87.3 Å². The van der Waals surface area contributed by atoms with Crippen LogP contribution in [0, 0.1) is 5.92 Å². The fourth-order valence-electron chi connectivity index (χ4n) is 5.29. The van der Waals surface area contributed by atoms with Gasteiger partial charge in [0.1, 0.15) is 0 Å². The topological polar surface area (TPSA) is 46.5 Å². The maximum atomic E-state index is 11.4. The maximum absolute atomic E-state index is 11.4. The lowest BCUT2D eigenvalue weighted by atomic mass is 9.77. The van der Waals surface area contributed by atoms with E-state index in [1.807, 2.05) is 0 Å². The SMILES string of the molecule is C=CC(=O)OCCc1cc(-c2ccc(C3CCC(CCCCC)CC3)cc2)ccc1CCCO. The number of aliphatic hydroxyl groups excluding tert-OH is 1. The molecular formula is C31H42O3. The second-order valence-corrected chi connectivity index (χ2v) is 9.77. The number of carbonyl (C=O) groups is 1. The first-order valence-corrected chi connectivity index (χ1v) is 13.3. The van der Waals surface area contributed by atoms with Crippen LogP contribution >= 0.6 is 0 Å². The predicted octanol–water partition coefficient (Wildman–Crippen LogP) is 7.40. The van der Waals surface area contributed by atoms with Gasteiger partial charge >= 0.3 is 5.97 Å². The van der Waals surface area contributed by atoms with Crippen molar-refractivity contribution in [3.05, 3.63) is 71.8 Å². The van der Waals surface area contributed by atoms with Crippen LogP contribution < -0.4 is 0 Å². The Kier molecular flexibility index (Phi) is 10.9. The molecule has 0 spiro atoms. The van der Waals surface area contributed by atoms with E-state index >= 15 is 0 Å². The molecule has 2 aromatic carbocycles. The summed E-state index contributed by atoms with van der Waals surface area (Å²) in [5.41, 5.74) is 6.26. The van der Waals surface area contributed by atoms with Gasteiger partial charge in [-0.1, -0.05) is 81.7 Å². The normalized spacial score (nSPS) is 17.9. The molecule has 3 heteroatoms. The van der Waals surface area contributed by atoms with Gasteiger partial charge in [0.2, 0.25) is 0 Å². The number of ether oxygens (including phenoxy) is 1. The Bertz CT molecular complexity index is 891. The molecule has 3 nitrogen and oxygen atoms in total. The van der Waals surface area contributed by atoms with E-state index in [1.54, 1.807) is 0 Å². The number of hydrogen-bond acceptors (Lipinski definition) is 3. The Labute approximate surface area is 206 Å². The van der Waals surface area contributed by atoms with E-state index in [-0.39, 0.29) is 6.61 Å².